The molecule has 0 N–H and O–H groups in total. The first-order valence-electron chi connectivity index (χ1n) is 16.5. The van der Waals surface area contributed by atoms with E-state index in [0.29, 0.717) is 6.17 Å². The number of nitrogens with zero attached hydrogens (tertiary/aromatic N) is 2. The maximum absolute atomic E-state index is 2.70. The van der Waals surface area contributed by atoms with Gasteiger partial charge in [-0.25, -0.2) is 0 Å². The van der Waals surface area contributed by atoms with Crippen LogP contribution in [0.4, 0.5) is 0 Å². The Balaban J connectivity index is 2.23. The van der Waals surface area contributed by atoms with Gasteiger partial charge in [-0.3, -0.25) is 0 Å². The van der Waals surface area contributed by atoms with E-state index < -0.39 is 0 Å². The second kappa shape index (κ2) is 25.0. The molecule has 0 bridgehead atoms. The first-order chi connectivity index (χ1) is 17.3. The van der Waals surface area contributed by atoms with Crippen LogP contribution in [0.25, 0.3) is 0 Å². The van der Waals surface area contributed by atoms with Gasteiger partial charge in [0.1, 0.15) is 6.17 Å². The fourth-order valence-corrected chi connectivity index (χ4v) is 5.66. The first-order valence-corrected chi connectivity index (χ1v) is 16.5. The summed E-state index contributed by atoms with van der Waals surface area (Å²) in [6.07, 6.45) is 41.0. The van der Waals surface area contributed by atoms with E-state index in [1.165, 1.54) is 174 Å². The van der Waals surface area contributed by atoms with Gasteiger partial charge in [0, 0.05) is 25.5 Å². The summed E-state index contributed by atoms with van der Waals surface area (Å²) >= 11 is 0. The van der Waals surface area contributed by atoms with Gasteiger partial charge in [-0.1, -0.05) is 156 Å². The summed E-state index contributed by atoms with van der Waals surface area (Å²) in [7, 11) is 0. The molecule has 2 heteroatoms. The Labute approximate surface area is 222 Å². The summed E-state index contributed by atoms with van der Waals surface area (Å²) in [5.41, 5.74) is 0. The van der Waals surface area contributed by atoms with Gasteiger partial charge in [-0.2, -0.15) is 0 Å². The van der Waals surface area contributed by atoms with Crippen molar-refractivity contribution < 1.29 is 0 Å². The molecule has 35 heavy (non-hydrogen) atoms. The Morgan fingerprint density at radius 3 is 1.00 bits per heavy atom. The highest BCUT2D eigenvalue weighted by Crippen LogP contribution is 2.24. The molecular weight excluding hydrogens is 424 g/mol. The minimum Gasteiger partial charge on any atom is -0.356 e. The minimum absolute atomic E-state index is 0.643. The van der Waals surface area contributed by atoms with Crippen molar-refractivity contribution in [3.63, 3.8) is 0 Å². The van der Waals surface area contributed by atoms with Gasteiger partial charge < -0.3 is 9.80 Å². The quantitative estimate of drug-likeness (QED) is 0.106. The number of unbranched alkanes of at least 4 members (excludes halogenated alkanes) is 21. The summed E-state index contributed by atoms with van der Waals surface area (Å²) in [5.74, 6) is 0. The molecule has 1 heterocycles. The molecule has 0 saturated carbocycles. The fourth-order valence-electron chi connectivity index (χ4n) is 5.66. The molecule has 1 aliphatic heterocycles. The van der Waals surface area contributed by atoms with Gasteiger partial charge in [0.05, 0.1) is 0 Å². The van der Waals surface area contributed by atoms with Crippen molar-refractivity contribution in [3.8, 4) is 0 Å². The van der Waals surface area contributed by atoms with Crippen molar-refractivity contribution in [2.24, 2.45) is 0 Å². The van der Waals surface area contributed by atoms with E-state index in [1.807, 2.05) is 0 Å². The van der Waals surface area contributed by atoms with E-state index in [9.17, 15) is 0 Å². The third-order valence-corrected chi connectivity index (χ3v) is 8.07. The standard InChI is InChI=1S/C33H66N2/c1-4-7-10-13-15-17-18-20-22-25-28-33-34(29-26-23-12-9-6-3)31-32-35(33)30-27-24-21-19-16-14-11-8-5-2/h31-33H,4-30H2,1-3H3. The Kier molecular flexibility index (Phi) is 23.1. The molecule has 208 valence electrons. The smallest absolute Gasteiger partial charge is 0.101 e. The van der Waals surface area contributed by atoms with E-state index in [4.69, 9.17) is 0 Å². The Bertz CT molecular complexity index is 446. The van der Waals surface area contributed by atoms with Crippen LogP contribution in [0.5, 0.6) is 0 Å². The highest BCUT2D eigenvalue weighted by molar-refractivity contribution is 4.97. The lowest BCUT2D eigenvalue weighted by Gasteiger charge is -2.33. The molecule has 0 aliphatic carbocycles. The molecule has 0 fully saturated rings. The molecule has 1 atom stereocenters. The number of hydrogen-bond donors (Lipinski definition) is 0. The van der Waals surface area contributed by atoms with E-state index in [1.54, 1.807) is 0 Å². The molecule has 1 unspecified atom stereocenters. The number of hydrogen-bond acceptors (Lipinski definition) is 2. The zero-order valence-corrected chi connectivity index (χ0v) is 24.7. The van der Waals surface area contributed by atoms with Crippen molar-refractivity contribution in [2.45, 2.75) is 187 Å². The van der Waals surface area contributed by atoms with Gasteiger partial charge in [-0.15, -0.1) is 0 Å². The predicted molar refractivity (Wildman–Crippen MR) is 159 cm³/mol. The first kappa shape index (κ1) is 32.4. The zero-order valence-electron chi connectivity index (χ0n) is 24.7. The van der Waals surface area contributed by atoms with Crippen LogP contribution in [0.3, 0.4) is 0 Å². The van der Waals surface area contributed by atoms with Gasteiger partial charge in [-0.05, 0) is 25.7 Å². The topological polar surface area (TPSA) is 6.48 Å². The highest BCUT2D eigenvalue weighted by atomic mass is 15.4. The lowest BCUT2D eigenvalue weighted by Crippen LogP contribution is -2.39. The fraction of sp³-hybridized carbons (Fsp3) is 0.939. The van der Waals surface area contributed by atoms with Crippen LogP contribution in [0.2, 0.25) is 0 Å². The van der Waals surface area contributed by atoms with Crippen molar-refractivity contribution in [2.75, 3.05) is 13.1 Å². The lowest BCUT2D eigenvalue weighted by atomic mass is 10.0. The van der Waals surface area contributed by atoms with Crippen molar-refractivity contribution in [3.05, 3.63) is 12.4 Å². The van der Waals surface area contributed by atoms with Gasteiger partial charge in [0.2, 0.25) is 0 Å². The number of rotatable bonds is 27. The van der Waals surface area contributed by atoms with Crippen LogP contribution in [-0.4, -0.2) is 29.1 Å². The van der Waals surface area contributed by atoms with Crippen molar-refractivity contribution >= 4 is 0 Å². The largest absolute Gasteiger partial charge is 0.356 e. The van der Waals surface area contributed by atoms with Crippen molar-refractivity contribution in [1.29, 1.82) is 0 Å². The Morgan fingerprint density at radius 2 is 0.657 bits per heavy atom. The van der Waals surface area contributed by atoms with Crippen LogP contribution in [0, 0.1) is 0 Å². The summed E-state index contributed by atoms with van der Waals surface area (Å²) in [6, 6.07) is 0. The monoisotopic (exact) mass is 491 g/mol. The second-order valence-electron chi connectivity index (χ2n) is 11.5. The zero-order chi connectivity index (χ0) is 25.2. The summed E-state index contributed by atoms with van der Waals surface area (Å²) in [5, 5.41) is 0. The molecule has 0 aromatic carbocycles. The van der Waals surface area contributed by atoms with Crippen LogP contribution in [0.1, 0.15) is 181 Å². The summed E-state index contributed by atoms with van der Waals surface area (Å²) < 4.78 is 0. The normalized spacial score (nSPS) is 15.6. The molecule has 0 spiro atoms. The Morgan fingerprint density at radius 1 is 0.371 bits per heavy atom. The molecule has 0 aromatic heterocycles. The van der Waals surface area contributed by atoms with Crippen LogP contribution >= 0.6 is 0 Å². The third kappa shape index (κ3) is 18.3. The van der Waals surface area contributed by atoms with Crippen molar-refractivity contribution in [1.82, 2.24) is 9.80 Å². The molecule has 0 aromatic rings. The molecule has 0 amide bonds. The summed E-state index contributed by atoms with van der Waals surface area (Å²) in [4.78, 5) is 5.38. The van der Waals surface area contributed by atoms with Gasteiger partial charge in [0.25, 0.3) is 0 Å². The van der Waals surface area contributed by atoms with E-state index >= 15 is 0 Å². The highest BCUT2D eigenvalue weighted by Gasteiger charge is 2.24. The average molecular weight is 491 g/mol. The van der Waals surface area contributed by atoms with Crippen LogP contribution < -0.4 is 0 Å². The van der Waals surface area contributed by atoms with E-state index in [2.05, 4.69) is 43.0 Å². The predicted octanol–water partition coefficient (Wildman–Crippen LogP) is 11.2. The molecule has 1 aliphatic rings. The molecular formula is C33H66N2. The average Bonchev–Trinajstić information content (AvgIpc) is 3.25. The maximum atomic E-state index is 2.70. The maximum Gasteiger partial charge on any atom is 0.101 e. The van der Waals surface area contributed by atoms with Gasteiger partial charge in [0.15, 0.2) is 0 Å². The van der Waals surface area contributed by atoms with E-state index in [0.717, 1.165) is 0 Å². The summed E-state index contributed by atoms with van der Waals surface area (Å²) in [6.45, 7) is 9.46. The third-order valence-electron chi connectivity index (χ3n) is 8.07. The van der Waals surface area contributed by atoms with Crippen LogP contribution in [-0.2, 0) is 0 Å². The van der Waals surface area contributed by atoms with Crippen LogP contribution in [0.15, 0.2) is 12.4 Å². The minimum atomic E-state index is 0.643. The lowest BCUT2D eigenvalue weighted by molar-refractivity contribution is 0.135. The Hall–Kier alpha value is -0.660. The van der Waals surface area contributed by atoms with E-state index in [-0.39, 0.29) is 0 Å². The molecule has 2 nitrogen and oxygen atoms in total. The SMILES string of the molecule is CCCCCCCCCCCCC1N(CCCCCCC)C=CN1CCCCCCCCCCC. The molecule has 1 rings (SSSR count). The molecule has 0 saturated heterocycles. The molecule has 0 radical (unpaired) electrons. The van der Waals surface area contributed by atoms with Gasteiger partial charge >= 0.3 is 0 Å². The second-order valence-corrected chi connectivity index (χ2v) is 11.5.